The Bertz CT molecular complexity index is 576. The van der Waals surface area contributed by atoms with Gasteiger partial charge >= 0.3 is 0 Å². The van der Waals surface area contributed by atoms with Gasteiger partial charge in [-0.2, -0.15) is 0 Å². The minimum Gasteiger partial charge on any atom is -0.378 e. The van der Waals surface area contributed by atoms with E-state index < -0.39 is 0 Å². The van der Waals surface area contributed by atoms with Crippen molar-refractivity contribution in [2.45, 2.75) is 19.4 Å². The SMILES string of the molecule is Cc1cc(F)ccc1CC(N)c1ccc(N(C)C)cc1. The second-order valence-corrected chi connectivity index (χ2v) is 5.37. The molecule has 2 N–H and O–H groups in total. The van der Waals surface area contributed by atoms with Gasteiger partial charge in [-0.1, -0.05) is 18.2 Å². The van der Waals surface area contributed by atoms with Crippen molar-refractivity contribution in [3.8, 4) is 0 Å². The summed E-state index contributed by atoms with van der Waals surface area (Å²) in [4.78, 5) is 2.05. The number of rotatable bonds is 4. The summed E-state index contributed by atoms with van der Waals surface area (Å²) in [5.41, 5.74) is 10.5. The zero-order valence-corrected chi connectivity index (χ0v) is 12.2. The summed E-state index contributed by atoms with van der Waals surface area (Å²) in [6, 6.07) is 13.0. The lowest BCUT2D eigenvalue weighted by Gasteiger charge is -2.16. The highest BCUT2D eigenvalue weighted by atomic mass is 19.1. The van der Waals surface area contributed by atoms with Gasteiger partial charge in [0.25, 0.3) is 0 Å². The maximum absolute atomic E-state index is 13.1. The van der Waals surface area contributed by atoms with Gasteiger partial charge in [-0.15, -0.1) is 0 Å². The molecule has 20 heavy (non-hydrogen) atoms. The normalized spacial score (nSPS) is 12.2. The van der Waals surface area contributed by atoms with Gasteiger partial charge in [0.15, 0.2) is 0 Å². The monoisotopic (exact) mass is 272 g/mol. The van der Waals surface area contributed by atoms with Crippen LogP contribution in [0.3, 0.4) is 0 Å². The second kappa shape index (κ2) is 6.06. The van der Waals surface area contributed by atoms with Crippen LogP contribution >= 0.6 is 0 Å². The largest absolute Gasteiger partial charge is 0.378 e. The van der Waals surface area contributed by atoms with E-state index in [9.17, 15) is 4.39 Å². The molecule has 0 spiro atoms. The molecule has 3 heteroatoms. The highest BCUT2D eigenvalue weighted by molar-refractivity contribution is 5.46. The van der Waals surface area contributed by atoms with E-state index in [2.05, 4.69) is 29.2 Å². The molecule has 0 aliphatic carbocycles. The average molecular weight is 272 g/mol. The molecule has 2 aromatic carbocycles. The Morgan fingerprint density at radius 3 is 2.30 bits per heavy atom. The number of hydrogen-bond acceptors (Lipinski definition) is 2. The molecule has 106 valence electrons. The summed E-state index contributed by atoms with van der Waals surface area (Å²) in [5.74, 6) is -0.199. The third-order valence-electron chi connectivity index (χ3n) is 3.58. The van der Waals surface area contributed by atoms with Gasteiger partial charge in [0.1, 0.15) is 5.82 Å². The van der Waals surface area contributed by atoms with Crippen LogP contribution in [0.2, 0.25) is 0 Å². The molecular weight excluding hydrogens is 251 g/mol. The number of halogens is 1. The molecule has 0 aliphatic heterocycles. The zero-order valence-electron chi connectivity index (χ0n) is 12.2. The molecule has 0 saturated carbocycles. The van der Waals surface area contributed by atoms with Crippen LogP contribution in [-0.4, -0.2) is 14.1 Å². The molecule has 2 aromatic rings. The fourth-order valence-electron chi connectivity index (χ4n) is 2.26. The fourth-order valence-corrected chi connectivity index (χ4v) is 2.26. The molecule has 0 amide bonds. The molecule has 1 unspecified atom stereocenters. The van der Waals surface area contributed by atoms with Crippen molar-refractivity contribution >= 4 is 5.69 Å². The van der Waals surface area contributed by atoms with Crippen LogP contribution in [0.4, 0.5) is 10.1 Å². The van der Waals surface area contributed by atoms with E-state index in [1.54, 1.807) is 6.07 Å². The van der Waals surface area contributed by atoms with Crippen molar-refractivity contribution in [1.29, 1.82) is 0 Å². The Kier molecular flexibility index (Phi) is 4.40. The first-order chi connectivity index (χ1) is 9.47. The highest BCUT2D eigenvalue weighted by Gasteiger charge is 2.09. The first-order valence-corrected chi connectivity index (χ1v) is 6.75. The predicted molar refractivity (Wildman–Crippen MR) is 82.5 cm³/mol. The van der Waals surface area contributed by atoms with E-state index >= 15 is 0 Å². The Labute approximate surface area is 120 Å². The van der Waals surface area contributed by atoms with Gasteiger partial charge in [-0.05, 0) is 54.3 Å². The summed E-state index contributed by atoms with van der Waals surface area (Å²) in [6.45, 7) is 1.92. The molecule has 0 aromatic heterocycles. The number of anilines is 1. The molecular formula is C17H21FN2. The van der Waals surface area contributed by atoms with Gasteiger partial charge in [-0.3, -0.25) is 0 Å². The summed E-state index contributed by atoms with van der Waals surface area (Å²) in [5, 5.41) is 0. The predicted octanol–water partition coefficient (Wildman–Crippen LogP) is 3.44. The average Bonchev–Trinajstić information content (AvgIpc) is 2.42. The van der Waals surface area contributed by atoms with Crippen LogP contribution in [0.25, 0.3) is 0 Å². The minimum absolute atomic E-state index is 0.0737. The first kappa shape index (κ1) is 14.5. The van der Waals surface area contributed by atoms with Gasteiger partial charge in [-0.25, -0.2) is 4.39 Å². The quantitative estimate of drug-likeness (QED) is 0.923. The van der Waals surface area contributed by atoms with Gasteiger partial charge in [0.05, 0.1) is 0 Å². The van der Waals surface area contributed by atoms with Gasteiger partial charge in [0, 0.05) is 25.8 Å². The van der Waals surface area contributed by atoms with Crippen molar-refractivity contribution in [2.75, 3.05) is 19.0 Å². The first-order valence-electron chi connectivity index (χ1n) is 6.75. The van der Waals surface area contributed by atoms with Crippen molar-refractivity contribution in [3.05, 3.63) is 65.0 Å². The summed E-state index contributed by atoms with van der Waals surface area (Å²) in [6.07, 6.45) is 0.716. The third kappa shape index (κ3) is 3.36. The number of nitrogens with two attached hydrogens (primary N) is 1. The molecule has 0 heterocycles. The molecule has 0 bridgehead atoms. The molecule has 2 rings (SSSR count). The van der Waals surface area contributed by atoms with E-state index in [1.165, 1.54) is 6.07 Å². The molecule has 0 radical (unpaired) electrons. The Hall–Kier alpha value is -1.87. The van der Waals surface area contributed by atoms with Crippen molar-refractivity contribution < 1.29 is 4.39 Å². The zero-order chi connectivity index (χ0) is 14.7. The Balaban J connectivity index is 2.13. The molecule has 0 saturated heterocycles. The van der Waals surface area contributed by atoms with Crippen LogP contribution < -0.4 is 10.6 Å². The summed E-state index contributed by atoms with van der Waals surface area (Å²) < 4.78 is 13.1. The van der Waals surface area contributed by atoms with Crippen molar-refractivity contribution in [2.24, 2.45) is 5.73 Å². The van der Waals surface area contributed by atoms with E-state index in [0.717, 1.165) is 22.4 Å². The van der Waals surface area contributed by atoms with Crippen LogP contribution in [0, 0.1) is 12.7 Å². The lowest BCUT2D eigenvalue weighted by atomic mass is 9.96. The standard InChI is InChI=1S/C17H21FN2/c1-12-10-15(18)7-4-14(12)11-17(19)13-5-8-16(9-6-13)20(2)3/h4-10,17H,11,19H2,1-3H3. The number of hydrogen-bond donors (Lipinski definition) is 1. The van der Waals surface area contributed by atoms with E-state index in [0.29, 0.717) is 6.42 Å². The Morgan fingerprint density at radius 1 is 1.10 bits per heavy atom. The topological polar surface area (TPSA) is 29.3 Å². The molecule has 0 aliphatic rings. The number of aryl methyl sites for hydroxylation is 1. The minimum atomic E-state index is -0.199. The molecule has 1 atom stereocenters. The van der Waals surface area contributed by atoms with Crippen LogP contribution in [-0.2, 0) is 6.42 Å². The maximum atomic E-state index is 13.1. The number of nitrogens with zero attached hydrogens (tertiary/aromatic N) is 1. The fraction of sp³-hybridized carbons (Fsp3) is 0.294. The van der Waals surface area contributed by atoms with Crippen LogP contribution in [0.5, 0.6) is 0 Å². The van der Waals surface area contributed by atoms with Gasteiger partial charge in [0.2, 0.25) is 0 Å². The maximum Gasteiger partial charge on any atom is 0.123 e. The molecule has 0 fully saturated rings. The Morgan fingerprint density at radius 2 is 1.75 bits per heavy atom. The summed E-state index contributed by atoms with van der Waals surface area (Å²) in [7, 11) is 4.02. The van der Waals surface area contributed by atoms with E-state index in [-0.39, 0.29) is 11.9 Å². The lowest BCUT2D eigenvalue weighted by molar-refractivity contribution is 0.624. The smallest absolute Gasteiger partial charge is 0.123 e. The second-order valence-electron chi connectivity index (χ2n) is 5.37. The lowest BCUT2D eigenvalue weighted by Crippen LogP contribution is -2.14. The van der Waals surface area contributed by atoms with E-state index in [1.807, 2.05) is 27.1 Å². The molecule has 2 nitrogen and oxygen atoms in total. The van der Waals surface area contributed by atoms with Crippen LogP contribution in [0.1, 0.15) is 22.7 Å². The number of benzene rings is 2. The summed E-state index contributed by atoms with van der Waals surface area (Å²) >= 11 is 0. The van der Waals surface area contributed by atoms with Crippen molar-refractivity contribution in [1.82, 2.24) is 0 Å². The van der Waals surface area contributed by atoms with Gasteiger partial charge < -0.3 is 10.6 Å². The highest BCUT2D eigenvalue weighted by Crippen LogP contribution is 2.21. The van der Waals surface area contributed by atoms with Crippen LogP contribution in [0.15, 0.2) is 42.5 Å². The van der Waals surface area contributed by atoms with Crippen molar-refractivity contribution in [3.63, 3.8) is 0 Å². The third-order valence-corrected chi connectivity index (χ3v) is 3.58. The van der Waals surface area contributed by atoms with E-state index in [4.69, 9.17) is 5.73 Å².